The maximum Gasteiger partial charge on any atom is 0.319 e. The molecule has 1 aliphatic heterocycles. The van der Waals surface area contributed by atoms with Crippen LogP contribution in [0, 0.1) is 0 Å². The van der Waals surface area contributed by atoms with Crippen LogP contribution in [0.5, 0.6) is 11.5 Å². The van der Waals surface area contributed by atoms with Gasteiger partial charge in [-0.05, 0) is 23.3 Å². The van der Waals surface area contributed by atoms with Crippen molar-refractivity contribution in [2.45, 2.75) is 13.2 Å². The minimum atomic E-state index is -0.279. The van der Waals surface area contributed by atoms with Crippen LogP contribution >= 0.6 is 0 Å². The molecule has 0 saturated heterocycles. The first-order chi connectivity index (χ1) is 11.8. The number of urea groups is 1. The Kier molecular flexibility index (Phi) is 5.18. The van der Waals surface area contributed by atoms with E-state index in [0.29, 0.717) is 43.6 Å². The van der Waals surface area contributed by atoms with Gasteiger partial charge >= 0.3 is 6.03 Å². The molecule has 6 nitrogen and oxygen atoms in total. The summed E-state index contributed by atoms with van der Waals surface area (Å²) in [6.07, 6.45) is 0. The lowest BCUT2D eigenvalue weighted by atomic mass is 10.1. The average molecular weight is 328 g/mol. The number of methoxy groups -OCH3 is 1. The van der Waals surface area contributed by atoms with Gasteiger partial charge in [-0.15, -0.1) is 0 Å². The van der Waals surface area contributed by atoms with Crippen molar-refractivity contribution in [1.29, 1.82) is 0 Å². The van der Waals surface area contributed by atoms with Gasteiger partial charge in [0, 0.05) is 25.4 Å². The minimum Gasteiger partial charge on any atom is -0.486 e. The third kappa shape index (κ3) is 3.97. The van der Waals surface area contributed by atoms with Gasteiger partial charge in [-0.25, -0.2) is 4.79 Å². The van der Waals surface area contributed by atoms with Gasteiger partial charge in [0.2, 0.25) is 0 Å². The number of carbonyl (C=O) groups excluding carboxylic acids is 1. The summed E-state index contributed by atoms with van der Waals surface area (Å²) in [5.41, 5.74) is 2.73. The first-order valence-corrected chi connectivity index (χ1v) is 7.76. The summed E-state index contributed by atoms with van der Waals surface area (Å²) in [5, 5.41) is 5.65. The molecule has 6 heteroatoms. The standard InChI is InChI=1S/C18H20N2O4/c1-22-12-14-5-3-2-4-13(14)11-19-18(21)20-15-6-7-16-17(10-15)24-9-8-23-16/h2-7,10H,8-9,11-12H2,1H3,(H2,19,20,21). The number of fused-ring (bicyclic) bond motifs is 1. The minimum absolute atomic E-state index is 0.279. The lowest BCUT2D eigenvalue weighted by Crippen LogP contribution is -2.28. The Morgan fingerprint density at radius 1 is 1.08 bits per heavy atom. The molecule has 126 valence electrons. The van der Waals surface area contributed by atoms with Crippen LogP contribution in [-0.4, -0.2) is 26.4 Å². The predicted octanol–water partition coefficient (Wildman–Crippen LogP) is 2.93. The summed E-state index contributed by atoms with van der Waals surface area (Å²) < 4.78 is 16.1. The van der Waals surface area contributed by atoms with Crippen molar-refractivity contribution in [3.05, 3.63) is 53.6 Å². The Morgan fingerprint density at radius 2 is 1.83 bits per heavy atom. The molecule has 24 heavy (non-hydrogen) atoms. The molecule has 3 rings (SSSR count). The zero-order valence-corrected chi connectivity index (χ0v) is 13.5. The number of benzene rings is 2. The Balaban J connectivity index is 1.58. The zero-order valence-electron chi connectivity index (χ0n) is 13.5. The average Bonchev–Trinajstić information content (AvgIpc) is 2.61. The number of ether oxygens (including phenoxy) is 3. The lowest BCUT2D eigenvalue weighted by Gasteiger charge is -2.19. The molecule has 0 aliphatic carbocycles. The fourth-order valence-electron chi connectivity index (χ4n) is 2.50. The van der Waals surface area contributed by atoms with Gasteiger partial charge in [0.1, 0.15) is 13.2 Å². The van der Waals surface area contributed by atoms with Crippen molar-refractivity contribution in [2.75, 3.05) is 25.6 Å². The summed E-state index contributed by atoms with van der Waals surface area (Å²) in [7, 11) is 1.65. The maximum absolute atomic E-state index is 12.1. The molecule has 0 bridgehead atoms. The van der Waals surface area contributed by atoms with E-state index in [4.69, 9.17) is 14.2 Å². The second kappa shape index (κ2) is 7.70. The van der Waals surface area contributed by atoms with Gasteiger partial charge in [-0.1, -0.05) is 24.3 Å². The van der Waals surface area contributed by atoms with Gasteiger partial charge in [0.05, 0.1) is 6.61 Å². The van der Waals surface area contributed by atoms with Crippen molar-refractivity contribution in [1.82, 2.24) is 5.32 Å². The molecule has 2 N–H and O–H groups in total. The molecule has 0 aromatic heterocycles. The Hall–Kier alpha value is -2.73. The molecule has 0 unspecified atom stereocenters. The predicted molar refractivity (Wildman–Crippen MR) is 90.4 cm³/mol. The number of hydrogen-bond acceptors (Lipinski definition) is 4. The number of anilines is 1. The summed E-state index contributed by atoms with van der Waals surface area (Å²) in [6.45, 7) is 2.00. The van der Waals surface area contributed by atoms with Crippen molar-refractivity contribution >= 4 is 11.7 Å². The first kappa shape index (κ1) is 16.1. The largest absolute Gasteiger partial charge is 0.486 e. The molecule has 2 aromatic carbocycles. The normalized spacial score (nSPS) is 12.5. The molecule has 0 spiro atoms. The highest BCUT2D eigenvalue weighted by atomic mass is 16.6. The number of amides is 2. The van der Waals surface area contributed by atoms with E-state index in [2.05, 4.69) is 10.6 Å². The molecule has 0 saturated carbocycles. The third-order valence-electron chi connectivity index (χ3n) is 3.66. The summed E-state index contributed by atoms with van der Waals surface area (Å²) in [4.78, 5) is 12.1. The van der Waals surface area contributed by atoms with E-state index in [1.165, 1.54) is 0 Å². The van der Waals surface area contributed by atoms with Crippen molar-refractivity contribution < 1.29 is 19.0 Å². The summed E-state index contributed by atoms with van der Waals surface area (Å²) >= 11 is 0. The van der Waals surface area contributed by atoms with Crippen LogP contribution in [0.15, 0.2) is 42.5 Å². The summed E-state index contributed by atoms with van der Waals surface area (Å²) in [5.74, 6) is 1.34. The highest BCUT2D eigenvalue weighted by Crippen LogP contribution is 2.32. The van der Waals surface area contributed by atoms with E-state index < -0.39 is 0 Å². The topological polar surface area (TPSA) is 68.8 Å². The third-order valence-corrected chi connectivity index (χ3v) is 3.66. The lowest BCUT2D eigenvalue weighted by molar-refractivity contribution is 0.171. The molecular formula is C18H20N2O4. The van der Waals surface area contributed by atoms with Crippen LogP contribution in [-0.2, 0) is 17.9 Å². The van der Waals surface area contributed by atoms with Crippen LogP contribution in [0.1, 0.15) is 11.1 Å². The van der Waals surface area contributed by atoms with Gasteiger partial charge < -0.3 is 24.8 Å². The Labute approximate surface area is 140 Å². The van der Waals surface area contributed by atoms with Crippen LogP contribution < -0.4 is 20.1 Å². The van der Waals surface area contributed by atoms with Crippen LogP contribution in [0.3, 0.4) is 0 Å². The van der Waals surface area contributed by atoms with Crippen LogP contribution in [0.4, 0.5) is 10.5 Å². The highest BCUT2D eigenvalue weighted by molar-refractivity contribution is 5.89. The smallest absolute Gasteiger partial charge is 0.319 e. The van der Waals surface area contributed by atoms with Crippen molar-refractivity contribution in [2.24, 2.45) is 0 Å². The summed E-state index contributed by atoms with van der Waals surface area (Å²) in [6, 6.07) is 12.9. The quantitative estimate of drug-likeness (QED) is 0.885. The van der Waals surface area contributed by atoms with E-state index in [1.54, 1.807) is 25.3 Å². The number of hydrogen-bond donors (Lipinski definition) is 2. The fourth-order valence-corrected chi connectivity index (χ4v) is 2.50. The Bertz CT molecular complexity index is 718. The van der Waals surface area contributed by atoms with Crippen molar-refractivity contribution in [3.63, 3.8) is 0 Å². The number of carbonyl (C=O) groups is 1. The molecule has 0 radical (unpaired) electrons. The molecule has 2 amide bonds. The van der Waals surface area contributed by atoms with E-state index in [1.807, 2.05) is 24.3 Å². The van der Waals surface area contributed by atoms with Gasteiger partial charge in [-0.2, -0.15) is 0 Å². The molecule has 1 heterocycles. The number of rotatable bonds is 5. The van der Waals surface area contributed by atoms with Crippen LogP contribution in [0.2, 0.25) is 0 Å². The van der Waals surface area contributed by atoms with E-state index in [9.17, 15) is 4.79 Å². The van der Waals surface area contributed by atoms with Gasteiger partial charge in [0.15, 0.2) is 11.5 Å². The maximum atomic E-state index is 12.1. The molecule has 0 fully saturated rings. The SMILES string of the molecule is COCc1ccccc1CNC(=O)Nc1ccc2c(c1)OCCO2. The van der Waals surface area contributed by atoms with Gasteiger partial charge in [0.25, 0.3) is 0 Å². The second-order valence-electron chi connectivity index (χ2n) is 5.37. The monoisotopic (exact) mass is 328 g/mol. The van der Waals surface area contributed by atoms with Gasteiger partial charge in [-0.3, -0.25) is 0 Å². The number of nitrogens with one attached hydrogen (secondary N) is 2. The highest BCUT2D eigenvalue weighted by Gasteiger charge is 2.12. The Morgan fingerprint density at radius 3 is 2.62 bits per heavy atom. The molecule has 1 aliphatic rings. The van der Waals surface area contributed by atoms with E-state index >= 15 is 0 Å². The fraction of sp³-hybridized carbons (Fsp3) is 0.278. The second-order valence-corrected chi connectivity index (χ2v) is 5.37. The zero-order chi connectivity index (χ0) is 16.8. The molecule has 0 atom stereocenters. The van der Waals surface area contributed by atoms with Crippen LogP contribution in [0.25, 0.3) is 0 Å². The van der Waals surface area contributed by atoms with E-state index in [0.717, 1.165) is 11.1 Å². The first-order valence-electron chi connectivity index (χ1n) is 7.76. The van der Waals surface area contributed by atoms with Crippen molar-refractivity contribution in [3.8, 4) is 11.5 Å². The molecule has 2 aromatic rings. The van der Waals surface area contributed by atoms with E-state index in [-0.39, 0.29) is 6.03 Å². The molecular weight excluding hydrogens is 308 g/mol.